The number of halogens is 2. The second-order valence-electron chi connectivity index (χ2n) is 3.48. The van der Waals surface area contributed by atoms with Gasteiger partial charge in [0.2, 0.25) is 0 Å². The first-order valence-electron chi connectivity index (χ1n) is 4.64. The van der Waals surface area contributed by atoms with Crippen molar-refractivity contribution in [2.24, 2.45) is 0 Å². The predicted octanol–water partition coefficient (Wildman–Crippen LogP) is 2.39. The van der Waals surface area contributed by atoms with Gasteiger partial charge in [0.15, 0.2) is 0 Å². The summed E-state index contributed by atoms with van der Waals surface area (Å²) in [5, 5.41) is 9.56. The maximum absolute atomic E-state index is 12.3. The zero-order valence-corrected chi connectivity index (χ0v) is 7.58. The Balaban J connectivity index is 2.39. The van der Waals surface area contributed by atoms with Gasteiger partial charge in [0.1, 0.15) is 5.69 Å². The molecule has 1 heterocycles. The quantitative estimate of drug-likeness (QED) is 0.753. The highest BCUT2D eigenvalue weighted by molar-refractivity contribution is 5.27. The number of alkyl halides is 2. The van der Waals surface area contributed by atoms with Gasteiger partial charge in [-0.05, 0) is 25.3 Å². The van der Waals surface area contributed by atoms with Crippen LogP contribution in [0.2, 0.25) is 0 Å². The van der Waals surface area contributed by atoms with Crippen LogP contribution >= 0.6 is 0 Å². The SMILES string of the molecule is O[C@@H]1CCCc2nc(C(F)F)ccc21. The molecule has 4 heteroatoms. The van der Waals surface area contributed by atoms with E-state index < -0.39 is 12.5 Å². The monoisotopic (exact) mass is 199 g/mol. The van der Waals surface area contributed by atoms with Gasteiger partial charge in [-0.2, -0.15) is 0 Å². The zero-order chi connectivity index (χ0) is 10.1. The molecule has 1 aromatic heterocycles. The van der Waals surface area contributed by atoms with Crippen molar-refractivity contribution >= 4 is 0 Å². The first-order valence-corrected chi connectivity index (χ1v) is 4.64. The number of aromatic nitrogens is 1. The number of rotatable bonds is 1. The second-order valence-corrected chi connectivity index (χ2v) is 3.48. The van der Waals surface area contributed by atoms with Gasteiger partial charge in [-0.15, -0.1) is 0 Å². The molecule has 0 amide bonds. The normalized spacial score (nSPS) is 21.0. The molecule has 1 aliphatic carbocycles. The number of nitrogens with zero attached hydrogens (tertiary/aromatic N) is 1. The third kappa shape index (κ3) is 1.62. The third-order valence-corrected chi connectivity index (χ3v) is 2.50. The summed E-state index contributed by atoms with van der Waals surface area (Å²) >= 11 is 0. The van der Waals surface area contributed by atoms with Crippen LogP contribution < -0.4 is 0 Å². The molecule has 14 heavy (non-hydrogen) atoms. The second kappa shape index (κ2) is 3.61. The van der Waals surface area contributed by atoms with Crippen LogP contribution in [0.4, 0.5) is 8.78 Å². The maximum Gasteiger partial charge on any atom is 0.280 e. The predicted molar refractivity (Wildman–Crippen MR) is 47.1 cm³/mol. The van der Waals surface area contributed by atoms with Crippen molar-refractivity contribution in [3.63, 3.8) is 0 Å². The summed E-state index contributed by atoms with van der Waals surface area (Å²) in [5.74, 6) is 0. The summed E-state index contributed by atoms with van der Waals surface area (Å²) in [6.45, 7) is 0. The Morgan fingerprint density at radius 3 is 2.93 bits per heavy atom. The van der Waals surface area contributed by atoms with Crippen LogP contribution in [-0.4, -0.2) is 10.1 Å². The van der Waals surface area contributed by atoms with E-state index in [2.05, 4.69) is 4.98 Å². The van der Waals surface area contributed by atoms with Crippen LogP contribution in [-0.2, 0) is 6.42 Å². The molecule has 0 spiro atoms. The number of aliphatic hydroxyl groups is 1. The Bertz CT molecular complexity index is 341. The molecule has 1 aromatic rings. The molecule has 1 N–H and O–H groups in total. The molecule has 2 nitrogen and oxygen atoms in total. The number of pyridine rings is 1. The highest BCUT2D eigenvalue weighted by atomic mass is 19.3. The first kappa shape index (κ1) is 9.52. The fraction of sp³-hybridized carbons (Fsp3) is 0.500. The summed E-state index contributed by atoms with van der Waals surface area (Å²) in [6, 6.07) is 2.85. The van der Waals surface area contributed by atoms with Crippen molar-refractivity contribution in [2.45, 2.75) is 31.8 Å². The minimum Gasteiger partial charge on any atom is -0.388 e. The van der Waals surface area contributed by atoms with E-state index in [1.54, 1.807) is 6.07 Å². The van der Waals surface area contributed by atoms with Crippen molar-refractivity contribution in [2.75, 3.05) is 0 Å². The van der Waals surface area contributed by atoms with Crippen molar-refractivity contribution in [3.05, 3.63) is 29.1 Å². The topological polar surface area (TPSA) is 33.1 Å². The molecule has 0 unspecified atom stereocenters. The Morgan fingerprint density at radius 1 is 1.43 bits per heavy atom. The van der Waals surface area contributed by atoms with E-state index >= 15 is 0 Å². The third-order valence-electron chi connectivity index (χ3n) is 2.50. The van der Waals surface area contributed by atoms with Crippen molar-refractivity contribution in [3.8, 4) is 0 Å². The van der Waals surface area contributed by atoms with Gasteiger partial charge < -0.3 is 5.11 Å². The summed E-state index contributed by atoms with van der Waals surface area (Å²) in [5.41, 5.74) is 1.14. The van der Waals surface area contributed by atoms with E-state index in [0.29, 0.717) is 24.1 Å². The molecular weight excluding hydrogens is 188 g/mol. The summed E-state index contributed by atoms with van der Waals surface area (Å²) in [6.07, 6.45) is -0.860. The molecule has 1 aliphatic rings. The van der Waals surface area contributed by atoms with Crippen molar-refractivity contribution in [1.29, 1.82) is 0 Å². The molecule has 0 aliphatic heterocycles. The van der Waals surface area contributed by atoms with Gasteiger partial charge in [0.25, 0.3) is 6.43 Å². The first-order chi connectivity index (χ1) is 6.68. The van der Waals surface area contributed by atoms with E-state index in [-0.39, 0.29) is 5.69 Å². The molecule has 0 aromatic carbocycles. The van der Waals surface area contributed by atoms with Gasteiger partial charge in [-0.1, -0.05) is 6.07 Å². The lowest BCUT2D eigenvalue weighted by Gasteiger charge is -2.20. The minimum atomic E-state index is -2.53. The van der Waals surface area contributed by atoms with E-state index in [4.69, 9.17) is 0 Å². The fourth-order valence-corrected chi connectivity index (χ4v) is 1.77. The Labute approximate surface area is 80.6 Å². The molecule has 0 radical (unpaired) electrons. The molecule has 0 saturated heterocycles. The lowest BCUT2D eigenvalue weighted by molar-refractivity contribution is 0.141. The van der Waals surface area contributed by atoms with Crippen LogP contribution in [0.25, 0.3) is 0 Å². The average Bonchev–Trinajstić information content (AvgIpc) is 2.17. The van der Waals surface area contributed by atoms with E-state index in [0.717, 1.165) is 6.42 Å². The van der Waals surface area contributed by atoms with E-state index in [1.807, 2.05) is 0 Å². The van der Waals surface area contributed by atoms with E-state index in [1.165, 1.54) is 6.07 Å². The van der Waals surface area contributed by atoms with Gasteiger partial charge in [0.05, 0.1) is 6.10 Å². The minimum absolute atomic E-state index is 0.196. The van der Waals surface area contributed by atoms with Gasteiger partial charge in [-0.3, -0.25) is 4.98 Å². The van der Waals surface area contributed by atoms with Crippen LogP contribution in [0.15, 0.2) is 12.1 Å². The van der Waals surface area contributed by atoms with Crippen molar-refractivity contribution in [1.82, 2.24) is 4.98 Å². The number of hydrogen-bond donors (Lipinski definition) is 1. The standard InChI is InChI=1S/C10H11F2NO/c11-10(12)8-5-4-6-7(13-8)2-1-3-9(6)14/h4-5,9-10,14H,1-3H2/t9-/m1/s1. The number of aliphatic hydroxyl groups excluding tert-OH is 1. The number of aryl methyl sites for hydroxylation is 1. The Kier molecular flexibility index (Phi) is 2.46. The summed E-state index contributed by atoms with van der Waals surface area (Å²) < 4.78 is 24.6. The summed E-state index contributed by atoms with van der Waals surface area (Å²) in [4.78, 5) is 3.85. The number of hydrogen-bond acceptors (Lipinski definition) is 2. The largest absolute Gasteiger partial charge is 0.388 e. The van der Waals surface area contributed by atoms with Crippen LogP contribution in [0, 0.1) is 0 Å². The molecule has 0 saturated carbocycles. The fourth-order valence-electron chi connectivity index (χ4n) is 1.77. The Hall–Kier alpha value is -1.03. The lowest BCUT2D eigenvalue weighted by Crippen LogP contribution is -2.12. The zero-order valence-electron chi connectivity index (χ0n) is 7.58. The molecule has 0 fully saturated rings. The highest BCUT2D eigenvalue weighted by Gasteiger charge is 2.20. The molecule has 76 valence electrons. The van der Waals surface area contributed by atoms with Crippen LogP contribution in [0.5, 0.6) is 0 Å². The molecule has 2 rings (SSSR count). The smallest absolute Gasteiger partial charge is 0.280 e. The molecule has 0 bridgehead atoms. The molecule has 1 atom stereocenters. The van der Waals surface area contributed by atoms with Crippen LogP contribution in [0.3, 0.4) is 0 Å². The average molecular weight is 199 g/mol. The van der Waals surface area contributed by atoms with E-state index in [9.17, 15) is 13.9 Å². The number of fused-ring (bicyclic) bond motifs is 1. The summed E-state index contributed by atoms with van der Waals surface area (Å²) in [7, 11) is 0. The van der Waals surface area contributed by atoms with Crippen molar-refractivity contribution < 1.29 is 13.9 Å². The van der Waals surface area contributed by atoms with Gasteiger partial charge in [-0.25, -0.2) is 8.78 Å². The molecular formula is C10H11F2NO. The maximum atomic E-state index is 12.3. The van der Waals surface area contributed by atoms with Gasteiger partial charge in [0, 0.05) is 11.3 Å². The highest BCUT2D eigenvalue weighted by Crippen LogP contribution is 2.29. The van der Waals surface area contributed by atoms with Crippen LogP contribution in [0.1, 0.15) is 42.3 Å². The Morgan fingerprint density at radius 2 is 2.21 bits per heavy atom. The van der Waals surface area contributed by atoms with Gasteiger partial charge >= 0.3 is 0 Å². The lowest BCUT2D eigenvalue weighted by atomic mass is 9.93.